The Labute approximate surface area is 123 Å². The first-order valence-electron chi connectivity index (χ1n) is 6.91. The van der Waals surface area contributed by atoms with Crippen LogP contribution in [0.25, 0.3) is 0 Å². The fourth-order valence-corrected chi connectivity index (χ4v) is 2.51. The van der Waals surface area contributed by atoms with Crippen LogP contribution in [0.2, 0.25) is 5.02 Å². The molecule has 112 valence electrons. The van der Waals surface area contributed by atoms with Crippen LogP contribution >= 0.6 is 11.6 Å². The Kier molecular flexibility index (Phi) is 5.82. The van der Waals surface area contributed by atoms with E-state index in [9.17, 15) is 4.79 Å². The van der Waals surface area contributed by atoms with Gasteiger partial charge < -0.3 is 15.4 Å². The number of rotatable bonds is 7. The number of hydrogen-bond donors (Lipinski definition) is 2. The van der Waals surface area contributed by atoms with E-state index in [1.165, 1.54) is 11.1 Å². The third-order valence-corrected chi connectivity index (χ3v) is 3.89. The van der Waals surface area contributed by atoms with Crippen molar-refractivity contribution in [3.63, 3.8) is 0 Å². The molecule has 0 aliphatic carbocycles. The molecule has 1 unspecified atom stereocenters. The summed E-state index contributed by atoms with van der Waals surface area (Å²) in [5, 5.41) is 10.8. The lowest BCUT2D eigenvalue weighted by atomic mass is 10.1. The van der Waals surface area contributed by atoms with Crippen LogP contribution in [0.15, 0.2) is 11.0 Å². The highest BCUT2D eigenvalue weighted by atomic mass is 35.5. The summed E-state index contributed by atoms with van der Waals surface area (Å²) in [5.41, 5.74) is 0.326. The quantitative estimate of drug-likeness (QED) is 0.785. The van der Waals surface area contributed by atoms with Gasteiger partial charge in [0.25, 0.3) is 5.56 Å². The van der Waals surface area contributed by atoms with Gasteiger partial charge >= 0.3 is 0 Å². The molecular weight excluding hydrogens is 280 g/mol. The highest BCUT2D eigenvalue weighted by molar-refractivity contribution is 6.32. The molecule has 1 saturated heterocycles. The maximum Gasteiger partial charge on any atom is 0.287 e. The predicted octanol–water partition coefficient (Wildman–Crippen LogP) is 0.955. The van der Waals surface area contributed by atoms with E-state index in [1.807, 2.05) is 0 Å². The predicted molar refractivity (Wildman–Crippen MR) is 79.5 cm³/mol. The van der Waals surface area contributed by atoms with Gasteiger partial charge in [-0.3, -0.25) is 4.79 Å². The van der Waals surface area contributed by atoms with E-state index >= 15 is 0 Å². The minimum absolute atomic E-state index is 0.195. The number of nitrogens with zero attached hydrogens (tertiary/aromatic N) is 2. The summed E-state index contributed by atoms with van der Waals surface area (Å²) in [6, 6.07) is 0. The third kappa shape index (κ3) is 3.94. The Morgan fingerprint density at radius 1 is 1.65 bits per heavy atom. The van der Waals surface area contributed by atoms with Crippen LogP contribution in [0.1, 0.15) is 12.8 Å². The van der Waals surface area contributed by atoms with E-state index in [4.69, 9.17) is 16.3 Å². The minimum atomic E-state index is -0.281. The van der Waals surface area contributed by atoms with E-state index in [0.717, 1.165) is 26.1 Å². The van der Waals surface area contributed by atoms with Crippen LogP contribution in [-0.2, 0) is 11.3 Å². The van der Waals surface area contributed by atoms with Gasteiger partial charge in [0.2, 0.25) is 0 Å². The highest BCUT2D eigenvalue weighted by Crippen LogP contribution is 2.17. The number of methoxy groups -OCH3 is 1. The monoisotopic (exact) mass is 300 g/mol. The number of hydrogen-bond acceptors (Lipinski definition) is 5. The largest absolute Gasteiger partial charge is 0.383 e. The molecule has 0 aromatic carbocycles. The number of aromatic nitrogens is 2. The second-order valence-electron chi connectivity index (χ2n) is 4.97. The van der Waals surface area contributed by atoms with Gasteiger partial charge in [-0.2, -0.15) is 5.10 Å². The van der Waals surface area contributed by atoms with Gasteiger partial charge in [0.15, 0.2) is 0 Å². The molecule has 20 heavy (non-hydrogen) atoms. The molecule has 0 bridgehead atoms. The van der Waals surface area contributed by atoms with E-state index in [2.05, 4.69) is 15.7 Å². The van der Waals surface area contributed by atoms with Crippen molar-refractivity contribution >= 4 is 17.3 Å². The van der Waals surface area contributed by atoms with Crippen molar-refractivity contribution in [2.45, 2.75) is 19.4 Å². The van der Waals surface area contributed by atoms with Crippen LogP contribution in [0.4, 0.5) is 5.69 Å². The van der Waals surface area contributed by atoms with Gasteiger partial charge in [0.05, 0.1) is 25.0 Å². The van der Waals surface area contributed by atoms with Crippen LogP contribution in [0, 0.1) is 5.92 Å². The second-order valence-corrected chi connectivity index (χ2v) is 5.35. The Morgan fingerprint density at radius 2 is 2.50 bits per heavy atom. The molecule has 1 aromatic rings. The Hall–Kier alpha value is -1.11. The van der Waals surface area contributed by atoms with Crippen LogP contribution in [0.5, 0.6) is 0 Å². The average molecular weight is 301 g/mol. The van der Waals surface area contributed by atoms with Crippen molar-refractivity contribution in [3.05, 3.63) is 21.6 Å². The number of anilines is 1. The molecule has 2 rings (SSSR count). The Bertz CT molecular complexity index is 486. The van der Waals surface area contributed by atoms with E-state index in [1.54, 1.807) is 13.3 Å². The Morgan fingerprint density at radius 3 is 3.20 bits per heavy atom. The van der Waals surface area contributed by atoms with Gasteiger partial charge in [-0.1, -0.05) is 11.6 Å². The molecule has 1 atom stereocenters. The van der Waals surface area contributed by atoms with Gasteiger partial charge in [0.1, 0.15) is 5.02 Å². The average Bonchev–Trinajstić information content (AvgIpc) is 2.96. The summed E-state index contributed by atoms with van der Waals surface area (Å²) < 4.78 is 6.25. The van der Waals surface area contributed by atoms with Crippen molar-refractivity contribution < 1.29 is 4.74 Å². The summed E-state index contributed by atoms with van der Waals surface area (Å²) >= 11 is 6.08. The lowest BCUT2D eigenvalue weighted by Crippen LogP contribution is -2.26. The lowest BCUT2D eigenvalue weighted by molar-refractivity contribution is 0.182. The fourth-order valence-electron chi connectivity index (χ4n) is 2.30. The van der Waals surface area contributed by atoms with Gasteiger partial charge in [-0.25, -0.2) is 4.68 Å². The van der Waals surface area contributed by atoms with Crippen LogP contribution in [0.3, 0.4) is 0 Å². The Balaban J connectivity index is 1.91. The molecule has 0 radical (unpaired) electrons. The van der Waals surface area contributed by atoms with Crippen LogP contribution < -0.4 is 16.2 Å². The normalized spacial score (nSPS) is 18.4. The summed E-state index contributed by atoms with van der Waals surface area (Å²) in [4.78, 5) is 12.0. The molecule has 0 amide bonds. The van der Waals surface area contributed by atoms with E-state index in [0.29, 0.717) is 24.8 Å². The van der Waals surface area contributed by atoms with Crippen molar-refractivity contribution in [2.24, 2.45) is 5.92 Å². The molecule has 2 N–H and O–H groups in total. The number of ether oxygens (including phenoxy) is 1. The first kappa shape index (κ1) is 15.3. The molecule has 0 saturated carbocycles. The maximum atomic E-state index is 12.0. The number of halogens is 1. The summed E-state index contributed by atoms with van der Waals surface area (Å²) in [6.45, 7) is 3.82. The third-order valence-electron chi connectivity index (χ3n) is 3.52. The highest BCUT2D eigenvalue weighted by Gasteiger charge is 2.14. The summed E-state index contributed by atoms with van der Waals surface area (Å²) in [6.07, 6.45) is 3.88. The summed E-state index contributed by atoms with van der Waals surface area (Å²) in [7, 11) is 1.58. The summed E-state index contributed by atoms with van der Waals surface area (Å²) in [5.74, 6) is 0.705. The van der Waals surface area contributed by atoms with Crippen molar-refractivity contribution in [3.8, 4) is 0 Å². The first-order chi connectivity index (χ1) is 9.72. The zero-order valence-corrected chi connectivity index (χ0v) is 12.4. The zero-order valence-electron chi connectivity index (χ0n) is 11.7. The molecule has 2 heterocycles. The fraction of sp³-hybridized carbons (Fsp3) is 0.692. The van der Waals surface area contributed by atoms with Crippen molar-refractivity contribution in [1.82, 2.24) is 15.1 Å². The molecule has 1 aliphatic heterocycles. The molecular formula is C13H21ClN4O2. The first-order valence-corrected chi connectivity index (χ1v) is 7.29. The van der Waals surface area contributed by atoms with Crippen molar-refractivity contribution in [2.75, 3.05) is 38.7 Å². The maximum absolute atomic E-state index is 12.0. The standard InChI is InChI=1S/C13H21ClN4O2/c1-20-7-6-18-13(19)12(14)11(9-17-18)16-5-3-10-2-4-15-8-10/h9-10,15-16H,2-8H2,1H3. The van der Waals surface area contributed by atoms with Gasteiger partial charge in [-0.15, -0.1) is 0 Å². The molecule has 7 heteroatoms. The van der Waals surface area contributed by atoms with Gasteiger partial charge in [0, 0.05) is 13.7 Å². The minimum Gasteiger partial charge on any atom is -0.383 e. The zero-order chi connectivity index (χ0) is 14.4. The molecule has 1 fully saturated rings. The molecule has 6 nitrogen and oxygen atoms in total. The molecule has 1 aromatic heterocycles. The lowest BCUT2D eigenvalue weighted by Gasteiger charge is -2.12. The van der Waals surface area contributed by atoms with E-state index < -0.39 is 0 Å². The van der Waals surface area contributed by atoms with Crippen LogP contribution in [-0.4, -0.2) is 43.1 Å². The second kappa shape index (κ2) is 7.61. The molecule has 0 spiro atoms. The van der Waals surface area contributed by atoms with Gasteiger partial charge in [-0.05, 0) is 31.8 Å². The van der Waals surface area contributed by atoms with E-state index in [-0.39, 0.29) is 10.6 Å². The topological polar surface area (TPSA) is 68.2 Å². The molecule has 1 aliphatic rings. The smallest absolute Gasteiger partial charge is 0.287 e. The SMILES string of the molecule is COCCn1ncc(NCCC2CCNC2)c(Cl)c1=O. The van der Waals surface area contributed by atoms with Crippen molar-refractivity contribution in [1.29, 1.82) is 0 Å². The number of nitrogens with one attached hydrogen (secondary N) is 2.